The highest BCUT2D eigenvalue weighted by molar-refractivity contribution is 5.90. The molecule has 0 spiro atoms. The van der Waals surface area contributed by atoms with Crippen molar-refractivity contribution in [2.45, 2.75) is 65.2 Å². The average molecular weight is 425 g/mol. The molecule has 5 nitrogen and oxygen atoms in total. The minimum atomic E-state index is -0.468. The molecule has 0 bridgehead atoms. The van der Waals surface area contributed by atoms with Crippen molar-refractivity contribution >= 4 is 12.4 Å². The molecule has 1 aliphatic rings. The normalized spacial score (nSPS) is 16.0. The summed E-state index contributed by atoms with van der Waals surface area (Å²) in [4.78, 5) is 23.3. The van der Waals surface area contributed by atoms with Crippen molar-refractivity contribution in [3.63, 3.8) is 0 Å². The van der Waals surface area contributed by atoms with Gasteiger partial charge in [-0.1, -0.05) is 65.8 Å². The number of benzene rings is 2. The van der Waals surface area contributed by atoms with Crippen LogP contribution in [0.2, 0.25) is 0 Å². The summed E-state index contributed by atoms with van der Waals surface area (Å²) in [5, 5.41) is 0. The molecule has 3 rings (SSSR count). The first-order chi connectivity index (χ1) is 14.4. The van der Waals surface area contributed by atoms with E-state index in [1.807, 2.05) is 25.1 Å². The lowest BCUT2D eigenvalue weighted by Crippen LogP contribution is -2.17. The van der Waals surface area contributed by atoms with Crippen molar-refractivity contribution in [3.8, 4) is 11.5 Å². The van der Waals surface area contributed by atoms with Gasteiger partial charge in [0.15, 0.2) is 0 Å². The number of carbonyl (C=O) groups excluding carboxylic acids is 2. The first kappa shape index (κ1) is 22.9. The van der Waals surface area contributed by atoms with E-state index in [1.165, 1.54) is 5.56 Å². The van der Waals surface area contributed by atoms with Crippen molar-refractivity contribution in [1.29, 1.82) is 0 Å². The van der Waals surface area contributed by atoms with E-state index in [2.05, 4.69) is 58.4 Å². The maximum atomic E-state index is 13.0. The lowest BCUT2D eigenvalue weighted by molar-refractivity contribution is -0.133. The van der Waals surface area contributed by atoms with Crippen LogP contribution in [0, 0.1) is 6.92 Å². The lowest BCUT2D eigenvalue weighted by atomic mass is 9.77. The lowest BCUT2D eigenvalue weighted by Gasteiger charge is -2.27. The Morgan fingerprint density at radius 2 is 1.71 bits per heavy atom. The number of ether oxygens (including phenoxy) is 3. The molecule has 0 aliphatic carbocycles. The highest BCUT2D eigenvalue weighted by Gasteiger charge is 2.39. The zero-order valence-electron chi connectivity index (χ0n) is 19.5. The Morgan fingerprint density at radius 3 is 2.29 bits per heavy atom. The topological polar surface area (TPSA) is 61.8 Å². The fourth-order valence-corrected chi connectivity index (χ4v) is 3.83. The second-order valence-corrected chi connectivity index (χ2v) is 10.1. The minimum absolute atomic E-state index is 0.0532. The number of esters is 1. The van der Waals surface area contributed by atoms with E-state index in [9.17, 15) is 9.59 Å². The molecule has 2 aromatic carbocycles. The molecule has 0 saturated carbocycles. The third-order valence-corrected chi connectivity index (χ3v) is 5.60. The van der Waals surface area contributed by atoms with Crippen LogP contribution < -0.4 is 9.47 Å². The molecular weight excluding hydrogens is 392 g/mol. The summed E-state index contributed by atoms with van der Waals surface area (Å²) in [5.41, 5.74) is 4.75. The second-order valence-electron chi connectivity index (χ2n) is 10.1. The molecule has 1 unspecified atom stereocenters. The number of carbonyl (C=O) groups is 2. The van der Waals surface area contributed by atoms with Crippen LogP contribution in [0.4, 0.5) is 0 Å². The monoisotopic (exact) mass is 424 g/mol. The minimum Gasteiger partial charge on any atom is -0.490 e. The number of aryl methyl sites for hydroxylation is 1. The predicted molar refractivity (Wildman–Crippen MR) is 120 cm³/mol. The molecule has 0 aromatic heterocycles. The van der Waals surface area contributed by atoms with Crippen LogP contribution in [0.3, 0.4) is 0 Å². The molecule has 1 heterocycles. The molecule has 2 aromatic rings. The van der Waals surface area contributed by atoms with E-state index in [0.717, 1.165) is 22.3 Å². The third-order valence-electron chi connectivity index (χ3n) is 5.60. The molecule has 166 valence electrons. The first-order valence-corrected chi connectivity index (χ1v) is 10.6. The Kier molecular flexibility index (Phi) is 6.17. The van der Waals surface area contributed by atoms with Crippen LogP contribution in [-0.2, 0) is 25.2 Å². The molecule has 5 heteroatoms. The maximum Gasteiger partial charge on any atom is 0.323 e. The summed E-state index contributed by atoms with van der Waals surface area (Å²) >= 11 is 0. The summed E-state index contributed by atoms with van der Waals surface area (Å²) in [6, 6.07) is 10.0. The van der Waals surface area contributed by atoms with E-state index in [-0.39, 0.29) is 30.0 Å². The Morgan fingerprint density at radius 1 is 1.00 bits per heavy atom. The SMILES string of the molecule is Cc1cc(C2C(=O)Oc3c2cc(C(C)(C)C)cc3C(C)(C)C)ccc1OCCOC=O. The van der Waals surface area contributed by atoms with Gasteiger partial charge in [0.2, 0.25) is 0 Å². The van der Waals surface area contributed by atoms with Gasteiger partial charge in [0.1, 0.15) is 30.6 Å². The number of rotatable bonds is 6. The van der Waals surface area contributed by atoms with Crippen LogP contribution in [0.15, 0.2) is 30.3 Å². The van der Waals surface area contributed by atoms with Gasteiger partial charge in [-0.05, 0) is 40.5 Å². The van der Waals surface area contributed by atoms with Crippen molar-refractivity contribution in [1.82, 2.24) is 0 Å². The maximum absolute atomic E-state index is 13.0. The molecule has 1 aliphatic heterocycles. The van der Waals surface area contributed by atoms with Crippen molar-refractivity contribution in [2.75, 3.05) is 13.2 Å². The molecule has 0 saturated heterocycles. The highest BCUT2D eigenvalue weighted by atomic mass is 16.5. The second kappa shape index (κ2) is 8.37. The van der Waals surface area contributed by atoms with Crippen LogP contribution in [0.5, 0.6) is 11.5 Å². The Hall–Kier alpha value is -2.82. The molecule has 0 fully saturated rings. The summed E-state index contributed by atoms with van der Waals surface area (Å²) in [6.45, 7) is 15.8. The summed E-state index contributed by atoms with van der Waals surface area (Å²) in [7, 11) is 0. The van der Waals surface area contributed by atoms with E-state index in [4.69, 9.17) is 9.47 Å². The van der Waals surface area contributed by atoms with Crippen LogP contribution >= 0.6 is 0 Å². The zero-order valence-corrected chi connectivity index (χ0v) is 19.5. The van der Waals surface area contributed by atoms with Crippen molar-refractivity contribution in [3.05, 3.63) is 58.1 Å². The first-order valence-electron chi connectivity index (χ1n) is 10.6. The number of hydrogen-bond donors (Lipinski definition) is 0. The number of fused-ring (bicyclic) bond motifs is 1. The van der Waals surface area contributed by atoms with Gasteiger partial charge in [0.05, 0.1) is 0 Å². The molecule has 31 heavy (non-hydrogen) atoms. The molecule has 0 radical (unpaired) electrons. The van der Waals surface area contributed by atoms with Gasteiger partial charge >= 0.3 is 5.97 Å². The van der Waals surface area contributed by atoms with Gasteiger partial charge in [-0.3, -0.25) is 9.59 Å². The van der Waals surface area contributed by atoms with E-state index in [1.54, 1.807) is 0 Å². The van der Waals surface area contributed by atoms with Gasteiger partial charge in [-0.15, -0.1) is 0 Å². The van der Waals surface area contributed by atoms with E-state index in [0.29, 0.717) is 18.0 Å². The third kappa shape index (κ3) is 4.76. The van der Waals surface area contributed by atoms with Gasteiger partial charge in [0.25, 0.3) is 6.47 Å². The van der Waals surface area contributed by atoms with Gasteiger partial charge < -0.3 is 14.2 Å². The standard InChI is InChI=1S/C26H32O5/c1-16-12-17(8-9-21(16)30-11-10-29-15-27)22-19-13-18(25(2,3)4)14-20(26(5,6)7)23(19)31-24(22)28/h8-9,12-15,22H,10-11H2,1-7H3. The van der Waals surface area contributed by atoms with Gasteiger partial charge in [0, 0.05) is 11.1 Å². The molecule has 1 atom stereocenters. The zero-order chi connectivity index (χ0) is 23.0. The molecule has 0 amide bonds. The highest BCUT2D eigenvalue weighted by Crippen LogP contribution is 2.47. The van der Waals surface area contributed by atoms with Gasteiger partial charge in [-0.2, -0.15) is 0 Å². The Bertz CT molecular complexity index is 992. The smallest absolute Gasteiger partial charge is 0.323 e. The van der Waals surface area contributed by atoms with Crippen LogP contribution in [-0.4, -0.2) is 25.7 Å². The quantitative estimate of drug-likeness (QED) is 0.276. The summed E-state index contributed by atoms with van der Waals surface area (Å²) in [5.74, 6) is 0.673. The largest absolute Gasteiger partial charge is 0.490 e. The van der Waals surface area contributed by atoms with E-state index >= 15 is 0 Å². The Labute approximate surface area is 184 Å². The average Bonchev–Trinajstić information content (AvgIpc) is 2.99. The summed E-state index contributed by atoms with van der Waals surface area (Å²) < 4.78 is 16.2. The van der Waals surface area contributed by atoms with Crippen molar-refractivity contribution < 1.29 is 23.8 Å². The predicted octanol–water partition coefficient (Wildman–Crippen LogP) is 5.19. The number of hydrogen-bond acceptors (Lipinski definition) is 5. The summed E-state index contributed by atoms with van der Waals surface area (Å²) in [6.07, 6.45) is 0. The fourth-order valence-electron chi connectivity index (χ4n) is 3.83. The van der Waals surface area contributed by atoms with Crippen molar-refractivity contribution in [2.24, 2.45) is 0 Å². The Balaban J connectivity index is 2.03. The molecule has 0 N–H and O–H groups in total. The van der Waals surface area contributed by atoms with Crippen LogP contribution in [0.25, 0.3) is 0 Å². The molecular formula is C26H32O5. The van der Waals surface area contributed by atoms with E-state index < -0.39 is 5.92 Å². The fraction of sp³-hybridized carbons (Fsp3) is 0.462. The van der Waals surface area contributed by atoms with Gasteiger partial charge in [-0.25, -0.2) is 0 Å². The van der Waals surface area contributed by atoms with Crippen LogP contribution in [0.1, 0.15) is 75.3 Å².